The first-order valence-electron chi connectivity index (χ1n) is 14.8. The van der Waals surface area contributed by atoms with Gasteiger partial charge in [-0.2, -0.15) is 0 Å². The summed E-state index contributed by atoms with van der Waals surface area (Å²) in [5.74, 6) is 1.00. The van der Waals surface area contributed by atoms with Crippen molar-refractivity contribution < 1.29 is 4.79 Å². The molecule has 0 radical (unpaired) electrons. The van der Waals surface area contributed by atoms with Gasteiger partial charge in [0.15, 0.2) is 0 Å². The van der Waals surface area contributed by atoms with Crippen molar-refractivity contribution in [2.75, 3.05) is 37.6 Å². The first-order valence-corrected chi connectivity index (χ1v) is 14.8. The number of carbonyl (C=O) groups excluding carboxylic acids is 1. The topological polar surface area (TPSA) is 90.9 Å². The number of likely N-dealkylation sites (tertiary alicyclic amines) is 1. The van der Waals surface area contributed by atoms with Crippen molar-refractivity contribution in [1.82, 2.24) is 15.1 Å². The fourth-order valence-electron chi connectivity index (χ4n) is 6.09. The highest BCUT2D eigenvalue weighted by Gasteiger charge is 2.25. The lowest BCUT2D eigenvalue weighted by molar-refractivity contribution is -0.131. The molecule has 0 aromatic heterocycles. The fourth-order valence-corrected chi connectivity index (χ4v) is 6.09. The van der Waals surface area contributed by atoms with Gasteiger partial charge in [0.2, 0.25) is 5.91 Å². The molecule has 5 N–H and O–H groups in total. The lowest BCUT2D eigenvalue weighted by Crippen LogP contribution is -2.44. The van der Waals surface area contributed by atoms with Crippen LogP contribution in [0.5, 0.6) is 0 Å². The van der Waals surface area contributed by atoms with Crippen LogP contribution >= 0.6 is 0 Å². The van der Waals surface area contributed by atoms with Crippen LogP contribution in [0.1, 0.15) is 42.7 Å². The molecule has 218 valence electrons. The van der Waals surface area contributed by atoms with E-state index in [1.54, 1.807) is 17.2 Å². The van der Waals surface area contributed by atoms with E-state index in [1.807, 2.05) is 17.0 Å². The van der Waals surface area contributed by atoms with E-state index in [9.17, 15) is 4.79 Å². The number of piperidine rings is 1. The van der Waals surface area contributed by atoms with Gasteiger partial charge >= 0.3 is 0 Å². The summed E-state index contributed by atoms with van der Waals surface area (Å²) >= 11 is 0. The van der Waals surface area contributed by atoms with Gasteiger partial charge in [0.25, 0.3) is 0 Å². The van der Waals surface area contributed by atoms with Gasteiger partial charge < -0.3 is 31.5 Å². The highest BCUT2D eigenvalue weighted by atomic mass is 16.2. The van der Waals surface area contributed by atoms with Gasteiger partial charge in [-0.05, 0) is 66.1 Å². The maximum Gasteiger partial charge on any atom is 0.241 e. The second-order valence-corrected chi connectivity index (χ2v) is 11.0. The van der Waals surface area contributed by atoms with Crippen LogP contribution in [-0.2, 0) is 4.79 Å². The first-order chi connectivity index (χ1) is 20.5. The van der Waals surface area contributed by atoms with Crippen LogP contribution in [0.25, 0.3) is 16.5 Å². The molecule has 5 rings (SSSR count). The van der Waals surface area contributed by atoms with Gasteiger partial charge in [-0.3, -0.25) is 4.79 Å². The Bertz CT molecular complexity index is 1470. The number of carbonyl (C=O) groups is 1. The molecule has 7 nitrogen and oxygen atoms in total. The van der Waals surface area contributed by atoms with Crippen molar-refractivity contribution in [3.63, 3.8) is 0 Å². The normalized spacial score (nSPS) is 16.5. The lowest BCUT2D eigenvalue weighted by Gasteiger charge is -2.33. The largest absolute Gasteiger partial charge is 0.403 e. The monoisotopic (exact) mass is 562 g/mol. The SMILES string of the molecule is C=CC(=C)N(/C=C\N)/C(NCC(=O)N1CCC(c2cccc3ccccc23)CC1)=C(\N)c1ccc(N2CCCC2)cc1. The second kappa shape index (κ2) is 13.3. The van der Waals surface area contributed by atoms with Gasteiger partial charge in [-0.15, -0.1) is 0 Å². The zero-order valence-electron chi connectivity index (χ0n) is 24.3. The Kier molecular flexibility index (Phi) is 9.17. The van der Waals surface area contributed by atoms with Crippen LogP contribution in [0.3, 0.4) is 0 Å². The summed E-state index contributed by atoms with van der Waals surface area (Å²) in [4.78, 5) is 19.5. The molecular weight excluding hydrogens is 520 g/mol. The molecule has 2 aliphatic rings. The van der Waals surface area contributed by atoms with Crippen LogP contribution in [0.4, 0.5) is 5.69 Å². The van der Waals surface area contributed by atoms with Crippen LogP contribution in [-0.4, -0.2) is 48.4 Å². The van der Waals surface area contributed by atoms with Crippen molar-refractivity contribution in [1.29, 1.82) is 0 Å². The minimum absolute atomic E-state index is 0.0296. The highest BCUT2D eigenvalue weighted by Crippen LogP contribution is 2.33. The van der Waals surface area contributed by atoms with Crippen molar-refractivity contribution in [2.24, 2.45) is 11.5 Å². The third-order valence-electron chi connectivity index (χ3n) is 8.44. The van der Waals surface area contributed by atoms with Gasteiger partial charge in [-0.1, -0.05) is 67.8 Å². The summed E-state index contributed by atoms with van der Waals surface area (Å²) in [6, 6.07) is 23.3. The van der Waals surface area contributed by atoms with E-state index in [2.05, 4.69) is 78.0 Å². The molecule has 2 aliphatic heterocycles. The second-order valence-electron chi connectivity index (χ2n) is 11.0. The Labute approximate surface area is 249 Å². The average Bonchev–Trinajstić information content (AvgIpc) is 3.59. The van der Waals surface area contributed by atoms with E-state index in [-0.39, 0.29) is 12.5 Å². The van der Waals surface area contributed by atoms with E-state index in [0.717, 1.165) is 31.5 Å². The van der Waals surface area contributed by atoms with Crippen molar-refractivity contribution in [3.05, 3.63) is 121 Å². The first kappa shape index (κ1) is 28.9. The molecule has 2 heterocycles. The van der Waals surface area contributed by atoms with E-state index in [1.165, 1.54) is 41.1 Å². The van der Waals surface area contributed by atoms with Gasteiger partial charge in [0.05, 0.1) is 12.2 Å². The van der Waals surface area contributed by atoms with E-state index >= 15 is 0 Å². The molecule has 42 heavy (non-hydrogen) atoms. The quantitative estimate of drug-likeness (QED) is 0.285. The minimum Gasteiger partial charge on any atom is -0.403 e. The predicted molar refractivity (Wildman–Crippen MR) is 174 cm³/mol. The van der Waals surface area contributed by atoms with Gasteiger partial charge in [0, 0.05) is 55.5 Å². The van der Waals surface area contributed by atoms with E-state index in [0.29, 0.717) is 36.2 Å². The van der Waals surface area contributed by atoms with Crippen molar-refractivity contribution in [2.45, 2.75) is 31.6 Å². The number of amides is 1. The predicted octanol–water partition coefficient (Wildman–Crippen LogP) is 5.45. The number of hydrogen-bond donors (Lipinski definition) is 3. The third kappa shape index (κ3) is 6.30. The summed E-state index contributed by atoms with van der Waals surface area (Å²) in [5, 5.41) is 5.88. The maximum atomic E-state index is 13.4. The molecule has 0 bridgehead atoms. The lowest BCUT2D eigenvalue weighted by atomic mass is 9.86. The highest BCUT2D eigenvalue weighted by molar-refractivity contribution is 5.86. The number of rotatable bonds is 10. The Hall–Kier alpha value is -4.65. The number of benzene rings is 3. The average molecular weight is 563 g/mol. The summed E-state index contributed by atoms with van der Waals surface area (Å²) in [7, 11) is 0. The summed E-state index contributed by atoms with van der Waals surface area (Å²) in [5.41, 5.74) is 17.0. The smallest absolute Gasteiger partial charge is 0.241 e. The Balaban J connectivity index is 1.30. The van der Waals surface area contributed by atoms with Crippen LogP contribution in [0.2, 0.25) is 0 Å². The van der Waals surface area contributed by atoms with Crippen molar-refractivity contribution in [3.8, 4) is 0 Å². The van der Waals surface area contributed by atoms with Gasteiger partial charge in [0.1, 0.15) is 5.82 Å². The van der Waals surface area contributed by atoms with Crippen LogP contribution in [0, 0.1) is 0 Å². The third-order valence-corrected chi connectivity index (χ3v) is 8.44. The zero-order chi connectivity index (χ0) is 29.5. The number of allylic oxidation sites excluding steroid dienone is 1. The molecule has 1 amide bonds. The Morgan fingerprint density at radius 1 is 0.976 bits per heavy atom. The maximum absolute atomic E-state index is 13.4. The number of hydrogen-bond acceptors (Lipinski definition) is 6. The molecule has 0 spiro atoms. The standard InChI is InChI=1S/C35H42N6O/c1-3-26(2)41(24-19-36)35(34(37)29-13-15-30(16-14-29)39-20-6-7-21-39)38-25-33(42)40-22-17-28(18-23-40)32-12-8-10-27-9-4-5-11-31(27)32/h3-5,8-16,19,24,28,38H,1-2,6-7,17-18,20-23,25,36-37H2/b24-19-,35-34-. The van der Waals surface area contributed by atoms with Crippen LogP contribution in [0.15, 0.2) is 110 Å². The van der Waals surface area contributed by atoms with Gasteiger partial charge in [-0.25, -0.2) is 0 Å². The zero-order valence-corrected chi connectivity index (χ0v) is 24.3. The molecule has 3 aromatic carbocycles. The Morgan fingerprint density at radius 2 is 1.67 bits per heavy atom. The number of fused-ring (bicyclic) bond motifs is 1. The number of nitrogens with one attached hydrogen (secondary N) is 1. The summed E-state index contributed by atoms with van der Waals surface area (Å²) < 4.78 is 0. The molecular formula is C35H42N6O. The number of nitrogens with zero attached hydrogens (tertiary/aromatic N) is 3. The molecule has 0 atom stereocenters. The van der Waals surface area contributed by atoms with Crippen molar-refractivity contribution >= 4 is 28.1 Å². The molecule has 0 saturated carbocycles. The molecule has 2 saturated heterocycles. The molecule has 7 heteroatoms. The number of nitrogens with two attached hydrogens (primary N) is 2. The molecule has 0 unspecified atom stereocenters. The molecule has 2 fully saturated rings. The molecule has 3 aromatic rings. The van der Waals surface area contributed by atoms with Crippen LogP contribution < -0.4 is 21.7 Å². The minimum atomic E-state index is 0.0296. The Morgan fingerprint density at radius 3 is 2.36 bits per heavy atom. The fraction of sp³-hybridized carbons (Fsp3) is 0.286. The van der Waals surface area contributed by atoms with E-state index < -0.39 is 0 Å². The number of anilines is 1. The summed E-state index contributed by atoms with van der Waals surface area (Å²) in [6.07, 6.45) is 9.02. The molecule has 0 aliphatic carbocycles. The summed E-state index contributed by atoms with van der Waals surface area (Å²) in [6.45, 7) is 11.6. The van der Waals surface area contributed by atoms with E-state index in [4.69, 9.17) is 11.5 Å².